The predicted octanol–water partition coefficient (Wildman–Crippen LogP) is 3.50. The van der Waals surface area contributed by atoms with Gasteiger partial charge in [-0.15, -0.1) is 0 Å². The molecule has 21 heavy (non-hydrogen) atoms. The van der Waals surface area contributed by atoms with Gasteiger partial charge in [0.1, 0.15) is 23.0 Å². The van der Waals surface area contributed by atoms with Crippen molar-refractivity contribution in [3.63, 3.8) is 0 Å². The van der Waals surface area contributed by atoms with Crippen molar-refractivity contribution in [1.29, 1.82) is 0 Å². The first-order valence-electron chi connectivity index (χ1n) is 6.28. The number of carbonyl (C=O) groups is 1. The largest absolute Gasteiger partial charge is 0.496 e. The maximum absolute atomic E-state index is 10.9. The average Bonchev–Trinajstić information content (AvgIpc) is 2.48. The van der Waals surface area contributed by atoms with Crippen LogP contribution in [-0.2, 0) is 0 Å². The van der Waals surface area contributed by atoms with E-state index in [1.165, 1.54) is 6.07 Å². The Hall–Kier alpha value is -2.69. The van der Waals surface area contributed by atoms with Crippen molar-refractivity contribution in [3.05, 3.63) is 47.5 Å². The minimum atomic E-state index is -0.965. The molecule has 2 aromatic rings. The van der Waals surface area contributed by atoms with E-state index in [-0.39, 0.29) is 5.56 Å². The topological polar surface area (TPSA) is 65.0 Å². The highest BCUT2D eigenvalue weighted by molar-refractivity contribution is 5.88. The molecule has 0 amide bonds. The molecule has 0 heterocycles. The third kappa shape index (κ3) is 3.45. The lowest BCUT2D eigenvalue weighted by Gasteiger charge is -2.12. The van der Waals surface area contributed by atoms with Crippen LogP contribution in [0.3, 0.4) is 0 Å². The van der Waals surface area contributed by atoms with E-state index in [1.54, 1.807) is 51.5 Å². The van der Waals surface area contributed by atoms with Crippen molar-refractivity contribution in [2.75, 3.05) is 14.2 Å². The Morgan fingerprint density at radius 3 is 2.00 bits per heavy atom. The monoisotopic (exact) mass is 288 g/mol. The average molecular weight is 288 g/mol. The predicted molar refractivity (Wildman–Crippen MR) is 77.8 cm³/mol. The summed E-state index contributed by atoms with van der Waals surface area (Å²) in [6, 6.07) is 9.90. The fraction of sp³-hybridized carbons (Fsp3) is 0.188. The Labute approximate surface area is 122 Å². The number of benzene rings is 2. The second-order valence-corrected chi connectivity index (χ2v) is 4.44. The molecule has 1 N–H and O–H groups in total. The van der Waals surface area contributed by atoms with Gasteiger partial charge in [0.05, 0.1) is 19.8 Å². The highest BCUT2D eigenvalue weighted by atomic mass is 16.5. The van der Waals surface area contributed by atoms with Crippen LogP contribution in [0.15, 0.2) is 36.4 Å². The van der Waals surface area contributed by atoms with Gasteiger partial charge in [0.2, 0.25) is 0 Å². The number of hydrogen-bond acceptors (Lipinski definition) is 4. The van der Waals surface area contributed by atoms with E-state index in [4.69, 9.17) is 19.3 Å². The molecule has 0 spiro atoms. The van der Waals surface area contributed by atoms with Gasteiger partial charge in [-0.25, -0.2) is 4.79 Å². The lowest BCUT2D eigenvalue weighted by molar-refractivity contribution is 0.0697. The minimum absolute atomic E-state index is 0.225. The van der Waals surface area contributed by atoms with E-state index in [1.807, 2.05) is 0 Å². The zero-order valence-electron chi connectivity index (χ0n) is 12.0. The quantitative estimate of drug-likeness (QED) is 0.912. The Kier molecular flexibility index (Phi) is 4.33. The molecular weight excluding hydrogens is 272 g/mol. The van der Waals surface area contributed by atoms with Crippen LogP contribution >= 0.6 is 0 Å². The molecule has 2 rings (SSSR count). The zero-order valence-corrected chi connectivity index (χ0v) is 12.0. The standard InChI is InChI=1S/C16H16O5/c1-10-6-11(16(17)18)4-5-15(10)21-14-8-12(19-2)7-13(9-14)20-3/h4-9H,1-3H3,(H,17,18). The van der Waals surface area contributed by atoms with Gasteiger partial charge in [0.15, 0.2) is 0 Å². The summed E-state index contributed by atoms with van der Waals surface area (Å²) >= 11 is 0. The van der Waals surface area contributed by atoms with E-state index in [0.29, 0.717) is 23.0 Å². The smallest absolute Gasteiger partial charge is 0.335 e. The molecule has 0 fully saturated rings. The van der Waals surface area contributed by atoms with Gasteiger partial charge < -0.3 is 19.3 Å². The third-order valence-corrected chi connectivity index (χ3v) is 2.97. The van der Waals surface area contributed by atoms with Gasteiger partial charge in [-0.1, -0.05) is 0 Å². The number of rotatable bonds is 5. The van der Waals surface area contributed by atoms with Crippen LogP contribution in [0.4, 0.5) is 0 Å². The lowest BCUT2D eigenvalue weighted by Crippen LogP contribution is -1.97. The summed E-state index contributed by atoms with van der Waals surface area (Å²) in [6.45, 7) is 1.79. The number of carboxylic acids is 1. The molecule has 0 aliphatic heterocycles. The number of aromatic carboxylic acids is 1. The van der Waals surface area contributed by atoms with Gasteiger partial charge in [-0.2, -0.15) is 0 Å². The summed E-state index contributed by atoms with van der Waals surface area (Å²) in [7, 11) is 3.12. The van der Waals surface area contributed by atoms with Crippen molar-refractivity contribution in [2.45, 2.75) is 6.92 Å². The van der Waals surface area contributed by atoms with Gasteiger partial charge in [-0.3, -0.25) is 0 Å². The molecule has 110 valence electrons. The highest BCUT2D eigenvalue weighted by Crippen LogP contribution is 2.32. The van der Waals surface area contributed by atoms with Crippen molar-refractivity contribution in [3.8, 4) is 23.0 Å². The van der Waals surface area contributed by atoms with E-state index >= 15 is 0 Å². The molecular formula is C16H16O5. The highest BCUT2D eigenvalue weighted by Gasteiger charge is 2.09. The Balaban J connectivity index is 2.31. The Morgan fingerprint density at radius 2 is 1.52 bits per heavy atom. The van der Waals surface area contributed by atoms with Crippen LogP contribution in [0.2, 0.25) is 0 Å². The van der Waals surface area contributed by atoms with Crippen LogP contribution in [0.1, 0.15) is 15.9 Å². The Bertz CT molecular complexity index is 641. The minimum Gasteiger partial charge on any atom is -0.496 e. The van der Waals surface area contributed by atoms with Crippen molar-refractivity contribution >= 4 is 5.97 Å². The zero-order chi connectivity index (χ0) is 15.4. The fourth-order valence-corrected chi connectivity index (χ4v) is 1.86. The summed E-state index contributed by atoms with van der Waals surface area (Å²) in [5.74, 6) is 1.40. The number of aryl methyl sites for hydroxylation is 1. The summed E-state index contributed by atoms with van der Waals surface area (Å²) in [5.41, 5.74) is 0.958. The molecule has 0 aromatic heterocycles. The van der Waals surface area contributed by atoms with Gasteiger partial charge in [-0.05, 0) is 30.7 Å². The van der Waals surface area contributed by atoms with E-state index in [9.17, 15) is 4.79 Å². The summed E-state index contributed by atoms with van der Waals surface area (Å²) < 4.78 is 16.1. The third-order valence-electron chi connectivity index (χ3n) is 2.97. The van der Waals surface area contributed by atoms with Crippen molar-refractivity contribution in [2.24, 2.45) is 0 Å². The number of methoxy groups -OCH3 is 2. The molecule has 0 bridgehead atoms. The summed E-state index contributed by atoms with van der Waals surface area (Å²) in [6.07, 6.45) is 0. The molecule has 0 unspecified atom stereocenters. The number of carboxylic acid groups (broad SMARTS) is 1. The number of hydrogen-bond donors (Lipinski definition) is 1. The molecule has 2 aromatic carbocycles. The number of ether oxygens (including phenoxy) is 3. The van der Waals surface area contributed by atoms with Crippen LogP contribution in [0, 0.1) is 6.92 Å². The first kappa shape index (κ1) is 14.7. The molecule has 5 nitrogen and oxygen atoms in total. The van der Waals surface area contributed by atoms with E-state index in [2.05, 4.69) is 0 Å². The maximum atomic E-state index is 10.9. The van der Waals surface area contributed by atoms with Crippen LogP contribution in [0.25, 0.3) is 0 Å². The second-order valence-electron chi connectivity index (χ2n) is 4.44. The van der Waals surface area contributed by atoms with E-state index < -0.39 is 5.97 Å². The van der Waals surface area contributed by atoms with Crippen LogP contribution in [0.5, 0.6) is 23.0 Å². The normalized spacial score (nSPS) is 10.0. The van der Waals surface area contributed by atoms with Gasteiger partial charge in [0, 0.05) is 18.2 Å². The molecule has 0 saturated heterocycles. The summed E-state index contributed by atoms with van der Waals surface area (Å²) in [4.78, 5) is 10.9. The molecule has 0 atom stereocenters. The maximum Gasteiger partial charge on any atom is 0.335 e. The fourth-order valence-electron chi connectivity index (χ4n) is 1.86. The van der Waals surface area contributed by atoms with Crippen molar-refractivity contribution in [1.82, 2.24) is 0 Å². The summed E-state index contributed by atoms with van der Waals surface area (Å²) in [5, 5.41) is 8.95. The van der Waals surface area contributed by atoms with E-state index in [0.717, 1.165) is 5.56 Å². The van der Waals surface area contributed by atoms with Crippen LogP contribution < -0.4 is 14.2 Å². The van der Waals surface area contributed by atoms with Crippen molar-refractivity contribution < 1.29 is 24.1 Å². The molecule has 0 aliphatic carbocycles. The molecule has 5 heteroatoms. The molecule has 0 aliphatic rings. The Morgan fingerprint density at radius 1 is 0.952 bits per heavy atom. The van der Waals surface area contributed by atoms with Gasteiger partial charge in [0.25, 0.3) is 0 Å². The lowest BCUT2D eigenvalue weighted by atomic mass is 10.1. The van der Waals surface area contributed by atoms with Crippen LogP contribution in [-0.4, -0.2) is 25.3 Å². The second kappa shape index (κ2) is 6.17. The first-order valence-corrected chi connectivity index (χ1v) is 6.28. The SMILES string of the molecule is COc1cc(OC)cc(Oc2ccc(C(=O)O)cc2C)c1. The first-order chi connectivity index (χ1) is 10.0. The molecule has 0 saturated carbocycles. The van der Waals surface area contributed by atoms with Gasteiger partial charge >= 0.3 is 5.97 Å². The molecule has 0 radical (unpaired) electrons.